The molecule has 1 aromatic heterocycles. The number of fused-ring (bicyclic) bond motifs is 1. The number of methoxy groups -OCH3 is 1. The lowest BCUT2D eigenvalue weighted by Gasteiger charge is -2.31. The van der Waals surface area contributed by atoms with E-state index >= 15 is 0 Å². The van der Waals surface area contributed by atoms with Crippen LogP contribution < -0.4 is 14.8 Å². The maximum absolute atomic E-state index is 13.9. The van der Waals surface area contributed by atoms with Crippen molar-refractivity contribution in [1.82, 2.24) is 15.2 Å². The number of hydrogen-bond donors (Lipinski definition) is 2. The Morgan fingerprint density at radius 3 is 2.49 bits per heavy atom. The van der Waals surface area contributed by atoms with Gasteiger partial charge in [-0.05, 0) is 51.5 Å². The van der Waals surface area contributed by atoms with Crippen LogP contribution in [-0.2, 0) is 14.3 Å². The van der Waals surface area contributed by atoms with E-state index in [0.717, 1.165) is 23.6 Å². The second kappa shape index (κ2) is 13.7. The van der Waals surface area contributed by atoms with Gasteiger partial charge in [-0.1, -0.05) is 44.5 Å². The molecule has 3 rings (SSSR count). The molecule has 1 saturated heterocycles. The summed E-state index contributed by atoms with van der Waals surface area (Å²) in [5.41, 5.74) is -0.759. The van der Waals surface area contributed by atoms with Gasteiger partial charge in [0, 0.05) is 17.2 Å². The van der Waals surface area contributed by atoms with Gasteiger partial charge < -0.3 is 29.5 Å². The molecule has 224 valence electrons. The number of hydrogen-bond acceptors (Lipinski definition) is 7. The zero-order valence-corrected chi connectivity index (χ0v) is 24.9. The minimum atomic E-state index is -1.14. The Bertz CT molecular complexity index is 1240. The highest BCUT2D eigenvalue weighted by Crippen LogP contribution is 2.33. The molecule has 5 atom stereocenters. The van der Waals surface area contributed by atoms with Gasteiger partial charge in [0.2, 0.25) is 11.8 Å². The smallest absolute Gasteiger partial charge is 0.408 e. The van der Waals surface area contributed by atoms with Crippen molar-refractivity contribution in [2.24, 2.45) is 11.8 Å². The molecular formula is C31H43N3O7. The zero-order chi connectivity index (χ0) is 30.3. The van der Waals surface area contributed by atoms with Crippen LogP contribution in [0, 0.1) is 11.8 Å². The molecule has 0 bridgehead atoms. The van der Waals surface area contributed by atoms with Gasteiger partial charge in [0.15, 0.2) is 0 Å². The number of carboxylic acids is 1. The molecule has 2 N–H and O–H groups in total. The predicted octanol–water partition coefficient (Wildman–Crippen LogP) is 5.20. The highest BCUT2D eigenvalue weighted by Gasteiger charge is 2.44. The molecular weight excluding hydrogens is 526 g/mol. The van der Waals surface area contributed by atoms with Crippen LogP contribution in [0.4, 0.5) is 4.79 Å². The molecule has 10 nitrogen and oxygen atoms in total. The Morgan fingerprint density at radius 2 is 1.88 bits per heavy atom. The van der Waals surface area contributed by atoms with Crippen molar-refractivity contribution in [1.29, 1.82) is 0 Å². The number of benzene rings is 1. The third-order valence-electron chi connectivity index (χ3n) is 7.28. The van der Waals surface area contributed by atoms with E-state index in [1.807, 2.05) is 37.3 Å². The van der Waals surface area contributed by atoms with Crippen molar-refractivity contribution in [3.8, 4) is 11.6 Å². The van der Waals surface area contributed by atoms with Crippen molar-refractivity contribution in [2.45, 2.75) is 84.1 Å². The van der Waals surface area contributed by atoms with Crippen LogP contribution in [0.15, 0.2) is 43.1 Å². The largest absolute Gasteiger partial charge is 0.494 e. The molecule has 0 aliphatic carbocycles. The van der Waals surface area contributed by atoms with Crippen molar-refractivity contribution in [3.63, 3.8) is 0 Å². The van der Waals surface area contributed by atoms with E-state index in [-0.39, 0.29) is 18.9 Å². The summed E-state index contributed by atoms with van der Waals surface area (Å²) in [5, 5.41) is 14.3. The number of alkyl carbamates (subject to hydrolysis) is 1. The molecule has 1 fully saturated rings. The summed E-state index contributed by atoms with van der Waals surface area (Å²) < 4.78 is 17.0. The molecule has 2 amide bonds. The first-order valence-corrected chi connectivity index (χ1v) is 14.1. The number of nitrogens with zero attached hydrogens (tertiary/aromatic N) is 2. The number of rotatable bonds is 12. The van der Waals surface area contributed by atoms with Gasteiger partial charge in [-0.15, -0.1) is 6.58 Å². The van der Waals surface area contributed by atoms with Gasteiger partial charge in [0.1, 0.15) is 29.5 Å². The fourth-order valence-electron chi connectivity index (χ4n) is 5.02. The summed E-state index contributed by atoms with van der Waals surface area (Å²) in [5.74, 6) is -0.643. The van der Waals surface area contributed by atoms with Crippen molar-refractivity contribution in [2.75, 3.05) is 13.7 Å². The second-order valence-corrected chi connectivity index (χ2v) is 11.7. The van der Waals surface area contributed by atoms with Gasteiger partial charge in [0.25, 0.3) is 0 Å². The average Bonchev–Trinajstić information content (AvgIpc) is 3.34. The number of ether oxygens (including phenoxy) is 3. The molecule has 2 heterocycles. The number of allylic oxidation sites excluding steroid dienone is 1. The lowest BCUT2D eigenvalue weighted by Crippen LogP contribution is -2.55. The van der Waals surface area contributed by atoms with Gasteiger partial charge in [-0.25, -0.2) is 14.6 Å². The molecule has 1 aliphatic heterocycles. The van der Waals surface area contributed by atoms with Crippen LogP contribution in [-0.4, -0.2) is 70.4 Å². The Hall–Kier alpha value is -3.82. The first kappa shape index (κ1) is 31.7. The van der Waals surface area contributed by atoms with Crippen LogP contribution in [0.3, 0.4) is 0 Å². The Labute approximate surface area is 242 Å². The summed E-state index contributed by atoms with van der Waals surface area (Å²) in [6, 6.07) is 5.38. The number of likely N-dealkylation sites (tertiary alicyclic amines) is 1. The molecule has 3 unspecified atom stereocenters. The van der Waals surface area contributed by atoms with Crippen molar-refractivity contribution < 1.29 is 33.7 Å². The number of carbonyl (C=O) groups is 3. The molecule has 10 heteroatoms. The summed E-state index contributed by atoms with van der Waals surface area (Å²) >= 11 is 0. The quantitative estimate of drug-likeness (QED) is 0.334. The first-order valence-electron chi connectivity index (χ1n) is 14.1. The Balaban J connectivity index is 1.83. The topological polar surface area (TPSA) is 127 Å². The number of amides is 2. The number of aromatic nitrogens is 1. The molecule has 0 spiro atoms. The lowest BCUT2D eigenvalue weighted by molar-refractivity contribution is -0.149. The van der Waals surface area contributed by atoms with Crippen molar-refractivity contribution in [3.05, 3.63) is 43.1 Å². The van der Waals surface area contributed by atoms with E-state index in [2.05, 4.69) is 23.8 Å². The number of carbonyl (C=O) groups excluding carboxylic acids is 2. The molecule has 1 aliphatic rings. The van der Waals surface area contributed by atoms with Gasteiger partial charge in [-0.2, -0.15) is 0 Å². The van der Waals surface area contributed by atoms with E-state index in [9.17, 15) is 19.5 Å². The van der Waals surface area contributed by atoms with Crippen LogP contribution in [0.25, 0.3) is 10.8 Å². The minimum Gasteiger partial charge on any atom is -0.494 e. The van der Waals surface area contributed by atoms with Gasteiger partial charge in [0.05, 0.1) is 19.9 Å². The van der Waals surface area contributed by atoms with E-state index in [1.54, 1.807) is 34.1 Å². The van der Waals surface area contributed by atoms with E-state index in [0.29, 0.717) is 24.0 Å². The number of pyridine rings is 1. The Morgan fingerprint density at radius 1 is 1.20 bits per heavy atom. The molecule has 0 radical (unpaired) electrons. The molecule has 1 aromatic carbocycles. The minimum absolute atomic E-state index is 0.0323. The second-order valence-electron chi connectivity index (χ2n) is 11.7. The SMILES string of the molecule is C=CC(C)CCC[C@@H](C)[C@H](NC(=O)OC(C)(C)C)C(=O)N1CC(Oc2ncc(OC)c3ccccc23)CC1C(=O)O. The van der Waals surface area contributed by atoms with Crippen LogP contribution in [0.1, 0.15) is 60.3 Å². The fraction of sp³-hybridized carbons (Fsp3) is 0.548. The normalized spacial score (nSPS) is 19.2. The van der Waals surface area contributed by atoms with Crippen molar-refractivity contribution >= 4 is 28.7 Å². The lowest BCUT2D eigenvalue weighted by atomic mass is 9.92. The highest BCUT2D eigenvalue weighted by atomic mass is 16.6. The van der Waals surface area contributed by atoms with Gasteiger partial charge in [-0.3, -0.25) is 4.79 Å². The maximum Gasteiger partial charge on any atom is 0.408 e. The highest BCUT2D eigenvalue weighted by molar-refractivity contribution is 5.92. The van der Waals surface area contributed by atoms with Crippen LogP contribution in [0.2, 0.25) is 0 Å². The first-order chi connectivity index (χ1) is 19.3. The molecule has 2 aromatic rings. The van der Waals surface area contributed by atoms with E-state index in [1.165, 1.54) is 4.90 Å². The standard InChI is InChI=1S/C31H43N3O7/c1-8-19(2)12-11-13-20(3)26(33-30(38)41-31(4,5)6)28(35)34-18-21(16-24(34)29(36)37)40-27-23-15-10-9-14-22(23)25(39-7)17-32-27/h8-10,14-15,17,19-21,24,26H,1,11-13,16,18H2,2-7H3,(H,33,38)(H,36,37)/t19?,20-,21?,24?,26+/m1/s1. The van der Waals surface area contributed by atoms with Crippen LogP contribution >= 0.6 is 0 Å². The summed E-state index contributed by atoms with van der Waals surface area (Å²) in [7, 11) is 1.56. The number of aliphatic carboxylic acids is 1. The predicted molar refractivity (Wildman–Crippen MR) is 156 cm³/mol. The monoisotopic (exact) mass is 569 g/mol. The number of nitrogens with one attached hydrogen (secondary N) is 1. The summed E-state index contributed by atoms with van der Waals surface area (Å²) in [6.45, 7) is 13.0. The third kappa shape index (κ3) is 8.34. The number of carboxylic acid groups (broad SMARTS) is 1. The summed E-state index contributed by atoms with van der Waals surface area (Å²) in [4.78, 5) is 44.7. The molecule has 41 heavy (non-hydrogen) atoms. The van der Waals surface area contributed by atoms with Crippen LogP contribution in [0.5, 0.6) is 11.6 Å². The summed E-state index contributed by atoms with van der Waals surface area (Å²) in [6.07, 6.45) is 4.53. The van der Waals surface area contributed by atoms with E-state index < -0.39 is 41.8 Å². The maximum atomic E-state index is 13.9. The molecule has 0 saturated carbocycles. The zero-order valence-electron chi connectivity index (χ0n) is 24.9. The van der Waals surface area contributed by atoms with Gasteiger partial charge >= 0.3 is 12.1 Å². The third-order valence-corrected chi connectivity index (χ3v) is 7.28. The Kier molecular flexibility index (Phi) is 10.6. The average molecular weight is 570 g/mol. The van der Waals surface area contributed by atoms with E-state index in [4.69, 9.17) is 14.2 Å². The fourth-order valence-corrected chi connectivity index (χ4v) is 5.02.